The van der Waals surface area contributed by atoms with Crippen molar-refractivity contribution in [2.24, 2.45) is 11.7 Å². The monoisotopic (exact) mass is 266 g/mol. The molecule has 1 aliphatic heterocycles. The van der Waals surface area contributed by atoms with Crippen LogP contribution < -0.4 is 10.6 Å². The Balaban J connectivity index is 2.20. The van der Waals surface area contributed by atoms with E-state index in [2.05, 4.69) is 36.9 Å². The molecular weight excluding hydrogens is 244 g/mol. The predicted octanol–water partition coefficient (Wildman–Crippen LogP) is 3.47. The molecule has 2 nitrogen and oxygen atoms in total. The summed E-state index contributed by atoms with van der Waals surface area (Å²) in [4.78, 5) is 2.50. The first kappa shape index (κ1) is 13.7. The van der Waals surface area contributed by atoms with Crippen molar-refractivity contribution in [1.29, 1.82) is 0 Å². The van der Waals surface area contributed by atoms with Crippen LogP contribution in [0.4, 0.5) is 5.69 Å². The Hall–Kier alpha value is -0.730. The van der Waals surface area contributed by atoms with Crippen molar-refractivity contribution in [2.75, 3.05) is 18.0 Å². The summed E-state index contributed by atoms with van der Waals surface area (Å²) in [6, 6.07) is 7.08. The average Bonchev–Trinajstić information content (AvgIpc) is 2.81. The summed E-state index contributed by atoms with van der Waals surface area (Å²) >= 11 is 6.33. The second-order valence-electron chi connectivity index (χ2n) is 5.46. The van der Waals surface area contributed by atoms with Crippen LogP contribution in [-0.4, -0.2) is 19.1 Å². The van der Waals surface area contributed by atoms with E-state index in [1.807, 2.05) is 0 Å². The van der Waals surface area contributed by atoms with E-state index in [0.717, 1.165) is 23.6 Å². The average molecular weight is 267 g/mol. The molecular formula is C15H23ClN2. The maximum atomic E-state index is 6.33. The molecule has 1 aliphatic rings. The lowest BCUT2D eigenvalue weighted by Crippen LogP contribution is -2.33. The third kappa shape index (κ3) is 2.81. The van der Waals surface area contributed by atoms with E-state index < -0.39 is 0 Å². The molecule has 0 amide bonds. The molecule has 2 N–H and O–H groups in total. The van der Waals surface area contributed by atoms with Gasteiger partial charge >= 0.3 is 0 Å². The Bertz CT molecular complexity index is 403. The SMILES string of the molecule is CC(C)C1CCCN1c1ccc(CCN)c(Cl)c1. The van der Waals surface area contributed by atoms with Gasteiger partial charge in [-0.2, -0.15) is 0 Å². The van der Waals surface area contributed by atoms with E-state index in [0.29, 0.717) is 18.5 Å². The van der Waals surface area contributed by atoms with Gasteiger partial charge in [0.1, 0.15) is 0 Å². The zero-order valence-corrected chi connectivity index (χ0v) is 12.1. The fourth-order valence-electron chi connectivity index (χ4n) is 2.88. The molecule has 0 saturated carbocycles. The Morgan fingerprint density at radius 1 is 1.44 bits per heavy atom. The summed E-state index contributed by atoms with van der Waals surface area (Å²) in [6.07, 6.45) is 3.43. The molecule has 1 aromatic rings. The number of rotatable bonds is 4. The Labute approximate surface area is 115 Å². The van der Waals surface area contributed by atoms with Crippen molar-refractivity contribution in [3.63, 3.8) is 0 Å². The molecule has 2 rings (SSSR count). The number of nitrogens with two attached hydrogens (primary N) is 1. The fourth-order valence-corrected chi connectivity index (χ4v) is 3.15. The van der Waals surface area contributed by atoms with Crippen molar-refractivity contribution in [2.45, 2.75) is 39.2 Å². The minimum Gasteiger partial charge on any atom is -0.368 e. The standard InChI is InChI=1S/C15H23ClN2/c1-11(2)15-4-3-9-18(15)13-6-5-12(7-8-17)14(16)10-13/h5-6,10-11,15H,3-4,7-9,17H2,1-2H3. The third-order valence-electron chi connectivity index (χ3n) is 3.85. The summed E-state index contributed by atoms with van der Waals surface area (Å²) in [5.41, 5.74) is 8.00. The second-order valence-corrected chi connectivity index (χ2v) is 5.87. The zero-order chi connectivity index (χ0) is 13.1. The lowest BCUT2D eigenvalue weighted by Gasteiger charge is -2.30. The van der Waals surface area contributed by atoms with Crippen molar-refractivity contribution in [3.05, 3.63) is 28.8 Å². The van der Waals surface area contributed by atoms with E-state index >= 15 is 0 Å². The zero-order valence-electron chi connectivity index (χ0n) is 11.3. The topological polar surface area (TPSA) is 29.3 Å². The molecule has 1 aromatic carbocycles. The second kappa shape index (κ2) is 5.94. The Morgan fingerprint density at radius 2 is 2.22 bits per heavy atom. The largest absolute Gasteiger partial charge is 0.368 e. The van der Waals surface area contributed by atoms with E-state index in [4.69, 9.17) is 17.3 Å². The Morgan fingerprint density at radius 3 is 2.83 bits per heavy atom. The highest BCUT2D eigenvalue weighted by Gasteiger charge is 2.27. The molecule has 100 valence electrons. The predicted molar refractivity (Wildman–Crippen MR) is 79.4 cm³/mol. The molecule has 1 saturated heterocycles. The van der Waals surface area contributed by atoms with Crippen molar-refractivity contribution < 1.29 is 0 Å². The summed E-state index contributed by atoms with van der Waals surface area (Å²) < 4.78 is 0. The van der Waals surface area contributed by atoms with Crippen LogP contribution >= 0.6 is 11.6 Å². The van der Waals surface area contributed by atoms with Gasteiger partial charge < -0.3 is 10.6 Å². The van der Waals surface area contributed by atoms with Crippen LogP contribution in [0.2, 0.25) is 5.02 Å². The van der Waals surface area contributed by atoms with Crippen molar-refractivity contribution in [3.8, 4) is 0 Å². The van der Waals surface area contributed by atoms with Crippen LogP contribution in [0, 0.1) is 5.92 Å². The highest BCUT2D eigenvalue weighted by molar-refractivity contribution is 6.31. The third-order valence-corrected chi connectivity index (χ3v) is 4.20. The lowest BCUT2D eigenvalue weighted by molar-refractivity contribution is 0.492. The number of anilines is 1. The highest BCUT2D eigenvalue weighted by atomic mass is 35.5. The maximum absolute atomic E-state index is 6.33. The molecule has 0 aliphatic carbocycles. The number of halogens is 1. The maximum Gasteiger partial charge on any atom is 0.0459 e. The van der Waals surface area contributed by atoms with E-state index in [1.165, 1.54) is 18.5 Å². The molecule has 1 fully saturated rings. The molecule has 0 aromatic heterocycles. The van der Waals surface area contributed by atoms with Gasteiger partial charge in [-0.15, -0.1) is 0 Å². The molecule has 0 radical (unpaired) electrons. The molecule has 18 heavy (non-hydrogen) atoms. The molecule has 0 spiro atoms. The molecule has 1 atom stereocenters. The van der Waals surface area contributed by atoms with Crippen LogP contribution in [0.3, 0.4) is 0 Å². The van der Waals surface area contributed by atoms with Gasteiger partial charge in [-0.1, -0.05) is 31.5 Å². The minimum absolute atomic E-state index is 0.650. The highest BCUT2D eigenvalue weighted by Crippen LogP contribution is 2.32. The summed E-state index contributed by atoms with van der Waals surface area (Å²) in [5, 5.41) is 0.854. The van der Waals surface area contributed by atoms with Crippen molar-refractivity contribution in [1.82, 2.24) is 0 Å². The van der Waals surface area contributed by atoms with Gasteiger partial charge in [0.05, 0.1) is 0 Å². The van der Waals surface area contributed by atoms with Crippen LogP contribution in [0.25, 0.3) is 0 Å². The smallest absolute Gasteiger partial charge is 0.0459 e. The van der Waals surface area contributed by atoms with Crippen LogP contribution in [0.15, 0.2) is 18.2 Å². The summed E-state index contributed by atoms with van der Waals surface area (Å²) in [7, 11) is 0. The first-order valence-corrected chi connectivity index (χ1v) is 7.26. The minimum atomic E-state index is 0.650. The van der Waals surface area contributed by atoms with Crippen LogP contribution in [0.5, 0.6) is 0 Å². The van der Waals surface area contributed by atoms with Gasteiger partial charge in [0.2, 0.25) is 0 Å². The van der Waals surface area contributed by atoms with Crippen molar-refractivity contribution >= 4 is 17.3 Å². The Kier molecular flexibility index (Phi) is 4.52. The molecule has 1 unspecified atom stereocenters. The van der Waals surface area contributed by atoms with Gasteiger partial charge in [-0.05, 0) is 49.4 Å². The van der Waals surface area contributed by atoms with Gasteiger partial charge in [-0.25, -0.2) is 0 Å². The molecule has 1 heterocycles. The van der Waals surface area contributed by atoms with E-state index in [-0.39, 0.29) is 0 Å². The van der Waals surface area contributed by atoms with Crippen LogP contribution in [0.1, 0.15) is 32.3 Å². The molecule has 0 bridgehead atoms. The first-order chi connectivity index (χ1) is 8.63. The summed E-state index contributed by atoms with van der Waals surface area (Å²) in [6.45, 7) is 6.40. The first-order valence-electron chi connectivity index (χ1n) is 6.88. The number of hydrogen-bond donors (Lipinski definition) is 1. The van der Waals surface area contributed by atoms with Gasteiger partial charge in [0.15, 0.2) is 0 Å². The normalized spacial score (nSPS) is 19.8. The summed E-state index contributed by atoms with van der Waals surface area (Å²) in [5.74, 6) is 0.690. The number of nitrogens with zero attached hydrogens (tertiary/aromatic N) is 1. The van der Waals surface area contributed by atoms with Crippen LogP contribution in [-0.2, 0) is 6.42 Å². The lowest BCUT2D eigenvalue weighted by atomic mass is 10.0. The van der Waals surface area contributed by atoms with E-state index in [9.17, 15) is 0 Å². The number of benzene rings is 1. The number of hydrogen-bond acceptors (Lipinski definition) is 2. The van der Waals surface area contributed by atoms with Gasteiger partial charge in [-0.3, -0.25) is 0 Å². The van der Waals surface area contributed by atoms with Gasteiger partial charge in [0.25, 0.3) is 0 Å². The van der Waals surface area contributed by atoms with Gasteiger partial charge in [0, 0.05) is 23.3 Å². The molecule has 3 heteroatoms. The fraction of sp³-hybridized carbons (Fsp3) is 0.600. The van der Waals surface area contributed by atoms with E-state index in [1.54, 1.807) is 0 Å². The quantitative estimate of drug-likeness (QED) is 0.904.